The maximum absolute atomic E-state index is 10.9. The predicted molar refractivity (Wildman–Crippen MR) is 73.6 cm³/mol. The molecule has 0 saturated carbocycles. The number of quaternary nitrogens is 1. The summed E-state index contributed by atoms with van der Waals surface area (Å²) < 4.78 is 0.0871. The predicted octanol–water partition coefficient (Wildman–Crippen LogP) is 0.878. The molecule has 0 bridgehead atoms. The Hall–Kier alpha value is -1.46. The molecular weight excluding hydrogens is 242 g/mol. The van der Waals surface area contributed by atoms with E-state index in [2.05, 4.69) is 11.6 Å². The number of carboxylic acids is 1. The molecule has 5 nitrogen and oxygen atoms in total. The van der Waals surface area contributed by atoms with E-state index >= 15 is 0 Å². The maximum atomic E-state index is 10.9. The van der Waals surface area contributed by atoms with Crippen LogP contribution >= 0.6 is 0 Å². The Morgan fingerprint density at radius 3 is 2.89 bits per heavy atom. The van der Waals surface area contributed by atoms with Crippen molar-refractivity contribution in [3.05, 3.63) is 25.1 Å². The minimum atomic E-state index is -1.11. The molecule has 0 radical (unpaired) electrons. The number of carbonyl (C=O) groups is 1. The zero-order valence-corrected chi connectivity index (χ0v) is 11.5. The number of aliphatic carboxylic acids is 1. The summed E-state index contributed by atoms with van der Waals surface area (Å²) in [7, 11) is 0. The molecule has 0 amide bonds. The molecule has 2 N–H and O–H groups in total. The minimum absolute atomic E-state index is 0.0871. The molecule has 0 aromatic carbocycles. The molecule has 1 rings (SSSR count). The molecule has 0 aliphatic carbocycles. The molecule has 2 unspecified atom stereocenters. The van der Waals surface area contributed by atoms with Gasteiger partial charge < -0.3 is 9.90 Å². The van der Waals surface area contributed by atoms with Crippen LogP contribution in [0.3, 0.4) is 0 Å². The van der Waals surface area contributed by atoms with Crippen molar-refractivity contribution in [3.63, 3.8) is 0 Å². The third kappa shape index (κ3) is 4.01. The molecule has 0 saturated heterocycles. The summed E-state index contributed by atoms with van der Waals surface area (Å²) in [6.07, 6.45) is 9.89. The Bertz CT molecular complexity index is 388. The second-order valence-electron chi connectivity index (χ2n) is 4.93. The average Bonchev–Trinajstić information content (AvgIpc) is 2.72. The summed E-state index contributed by atoms with van der Waals surface area (Å²) in [5.74, 6) is -0.291. The van der Waals surface area contributed by atoms with Crippen LogP contribution in [0.1, 0.15) is 39.0 Å². The number of hydrogen-bond donors (Lipinski definition) is 1. The first-order valence-electron chi connectivity index (χ1n) is 6.71. The summed E-state index contributed by atoms with van der Waals surface area (Å²) >= 11 is 0. The monoisotopic (exact) mass is 265 g/mol. The van der Waals surface area contributed by atoms with Crippen LogP contribution in [0.25, 0.3) is 0 Å². The van der Waals surface area contributed by atoms with Crippen LogP contribution in [0.5, 0.6) is 0 Å². The van der Waals surface area contributed by atoms with Gasteiger partial charge in [0.05, 0.1) is 12.2 Å². The Labute approximate surface area is 114 Å². The van der Waals surface area contributed by atoms with Crippen molar-refractivity contribution in [2.45, 2.75) is 45.2 Å². The molecule has 0 aromatic heterocycles. The summed E-state index contributed by atoms with van der Waals surface area (Å²) in [4.78, 5) is 15.2. The Balaban J connectivity index is 2.60. The number of nitrogens with zero attached hydrogens (tertiary/aromatic N) is 2. The lowest BCUT2D eigenvalue weighted by atomic mass is 10.1. The van der Waals surface area contributed by atoms with Crippen molar-refractivity contribution in [1.82, 2.24) is 0 Å². The smallest absolute Gasteiger partial charge is 0.209 e. The van der Waals surface area contributed by atoms with E-state index in [1.165, 1.54) is 0 Å². The van der Waals surface area contributed by atoms with Crippen LogP contribution in [-0.2, 0) is 4.79 Å². The number of allylic oxidation sites excluding steroid dienone is 1. The first-order valence-corrected chi connectivity index (χ1v) is 6.71. The highest BCUT2D eigenvalue weighted by Gasteiger charge is 2.38. The van der Waals surface area contributed by atoms with E-state index in [-0.39, 0.29) is 17.2 Å². The summed E-state index contributed by atoms with van der Waals surface area (Å²) in [6.45, 7) is 5.33. The topological polar surface area (TPSA) is 78.5 Å². The second-order valence-corrected chi connectivity index (χ2v) is 4.93. The molecule has 0 aromatic rings. The lowest BCUT2D eigenvalue weighted by molar-refractivity contribution is -0.808. The fourth-order valence-electron chi connectivity index (χ4n) is 2.33. The van der Waals surface area contributed by atoms with E-state index in [1.807, 2.05) is 6.08 Å². The number of carbonyl (C=O) groups excluding carboxylic acids is 1. The van der Waals surface area contributed by atoms with E-state index < -0.39 is 5.97 Å². The molecule has 19 heavy (non-hydrogen) atoms. The van der Waals surface area contributed by atoms with Gasteiger partial charge in [-0.15, -0.1) is 6.58 Å². The van der Waals surface area contributed by atoms with Crippen molar-refractivity contribution in [2.75, 3.05) is 6.54 Å². The SMILES string of the molecule is C=CCCCCCC1=NC=C[N+]1(CC(=O)[O-])C(C)N. The minimum Gasteiger partial charge on any atom is -0.544 e. The van der Waals surface area contributed by atoms with Gasteiger partial charge in [-0.1, -0.05) is 12.5 Å². The van der Waals surface area contributed by atoms with Crippen LogP contribution < -0.4 is 10.8 Å². The average molecular weight is 265 g/mol. The van der Waals surface area contributed by atoms with Crippen LogP contribution in [0.2, 0.25) is 0 Å². The fraction of sp³-hybridized carbons (Fsp3) is 0.571. The Morgan fingerprint density at radius 2 is 2.32 bits per heavy atom. The Kier molecular flexibility index (Phi) is 5.92. The van der Waals surface area contributed by atoms with Gasteiger partial charge in [-0.25, -0.2) is 9.48 Å². The van der Waals surface area contributed by atoms with E-state index in [9.17, 15) is 9.90 Å². The van der Waals surface area contributed by atoms with Gasteiger partial charge in [-0.2, -0.15) is 0 Å². The summed E-state index contributed by atoms with van der Waals surface area (Å²) in [5.41, 5.74) is 5.96. The first kappa shape index (κ1) is 15.6. The van der Waals surface area contributed by atoms with E-state index in [1.54, 1.807) is 19.3 Å². The molecule has 0 spiro atoms. The molecule has 2 atom stereocenters. The summed E-state index contributed by atoms with van der Waals surface area (Å²) in [6, 6.07) is 0. The zero-order valence-electron chi connectivity index (χ0n) is 11.5. The normalized spacial score (nSPS) is 23.2. The zero-order chi connectivity index (χ0) is 14.3. The molecule has 106 valence electrons. The lowest BCUT2D eigenvalue weighted by Gasteiger charge is -2.36. The highest BCUT2D eigenvalue weighted by Crippen LogP contribution is 2.23. The van der Waals surface area contributed by atoms with Crippen LogP contribution in [0.4, 0.5) is 0 Å². The van der Waals surface area contributed by atoms with Crippen molar-refractivity contribution in [3.8, 4) is 0 Å². The van der Waals surface area contributed by atoms with Crippen molar-refractivity contribution in [2.24, 2.45) is 10.7 Å². The number of unbranched alkanes of at least 4 members (excludes halogenated alkanes) is 3. The standard InChI is InChI=1S/C14H23N3O2/c1-3-4-5-6-7-8-13-16-9-10-17(13,12(2)15)11-14(18)19/h3,9-10,12H,1,4-8,11,15H2,2H3. The van der Waals surface area contributed by atoms with Gasteiger partial charge in [0, 0.05) is 13.3 Å². The van der Waals surface area contributed by atoms with Gasteiger partial charge in [0.25, 0.3) is 0 Å². The van der Waals surface area contributed by atoms with E-state index in [0.29, 0.717) is 0 Å². The number of nitrogens with two attached hydrogens (primary N) is 1. The van der Waals surface area contributed by atoms with Crippen LogP contribution in [0.15, 0.2) is 30.0 Å². The van der Waals surface area contributed by atoms with Gasteiger partial charge in [0.2, 0.25) is 5.84 Å². The highest BCUT2D eigenvalue weighted by atomic mass is 16.4. The molecular formula is C14H23N3O2. The third-order valence-electron chi connectivity index (χ3n) is 3.46. The van der Waals surface area contributed by atoms with Gasteiger partial charge in [-0.3, -0.25) is 5.73 Å². The number of amidine groups is 1. The van der Waals surface area contributed by atoms with Gasteiger partial charge in [-0.05, 0) is 19.3 Å². The van der Waals surface area contributed by atoms with Crippen LogP contribution in [0, 0.1) is 0 Å². The van der Waals surface area contributed by atoms with Crippen molar-refractivity contribution >= 4 is 11.8 Å². The molecule has 0 fully saturated rings. The highest BCUT2D eigenvalue weighted by molar-refractivity contribution is 5.81. The largest absolute Gasteiger partial charge is 0.544 e. The van der Waals surface area contributed by atoms with Crippen molar-refractivity contribution in [1.29, 1.82) is 0 Å². The first-order chi connectivity index (χ1) is 9.03. The van der Waals surface area contributed by atoms with E-state index in [4.69, 9.17) is 5.73 Å². The van der Waals surface area contributed by atoms with Crippen molar-refractivity contribution < 1.29 is 14.4 Å². The number of rotatable bonds is 9. The lowest BCUT2D eigenvalue weighted by Crippen LogP contribution is -2.60. The Morgan fingerprint density at radius 1 is 1.58 bits per heavy atom. The van der Waals surface area contributed by atoms with Gasteiger partial charge in [0.15, 0.2) is 0 Å². The molecule has 1 heterocycles. The number of aliphatic imine (C=N–C) groups is 1. The van der Waals surface area contributed by atoms with E-state index in [0.717, 1.165) is 37.9 Å². The molecule has 5 heteroatoms. The van der Waals surface area contributed by atoms with Gasteiger partial charge in [0.1, 0.15) is 18.9 Å². The molecule has 1 aliphatic heterocycles. The number of hydrogen-bond acceptors (Lipinski definition) is 4. The molecule has 1 aliphatic rings. The van der Waals surface area contributed by atoms with Gasteiger partial charge >= 0.3 is 0 Å². The fourth-order valence-corrected chi connectivity index (χ4v) is 2.33. The summed E-state index contributed by atoms with van der Waals surface area (Å²) in [5, 5.41) is 10.9. The van der Waals surface area contributed by atoms with Crippen LogP contribution in [-0.4, -0.2) is 29.0 Å². The number of carboxylic acid groups (broad SMARTS) is 1. The quantitative estimate of drug-likeness (QED) is 0.382. The maximum Gasteiger partial charge on any atom is 0.209 e. The second kappa shape index (κ2) is 7.21. The third-order valence-corrected chi connectivity index (χ3v) is 3.46.